The Kier molecular flexibility index (Phi) is 5.35. The summed E-state index contributed by atoms with van der Waals surface area (Å²) in [6.07, 6.45) is -0.0282. The van der Waals surface area contributed by atoms with E-state index in [1.807, 2.05) is 13.8 Å². The van der Waals surface area contributed by atoms with Crippen molar-refractivity contribution in [3.63, 3.8) is 0 Å². The van der Waals surface area contributed by atoms with Crippen LogP contribution in [0.3, 0.4) is 0 Å². The third-order valence-corrected chi connectivity index (χ3v) is 3.71. The zero-order chi connectivity index (χ0) is 19.4. The molecular formula is C19H20N2O6. The van der Waals surface area contributed by atoms with Crippen molar-refractivity contribution >= 4 is 11.8 Å². The van der Waals surface area contributed by atoms with Crippen LogP contribution in [0.4, 0.5) is 0 Å². The van der Waals surface area contributed by atoms with Crippen LogP contribution < -0.4 is 29.8 Å². The van der Waals surface area contributed by atoms with Crippen molar-refractivity contribution < 1.29 is 28.5 Å². The van der Waals surface area contributed by atoms with E-state index in [0.717, 1.165) is 0 Å². The highest BCUT2D eigenvalue weighted by Gasteiger charge is 2.17. The zero-order valence-electron chi connectivity index (χ0n) is 15.2. The lowest BCUT2D eigenvalue weighted by Crippen LogP contribution is -2.41. The molecule has 142 valence electrons. The summed E-state index contributed by atoms with van der Waals surface area (Å²) >= 11 is 0. The molecule has 0 unspecified atom stereocenters. The van der Waals surface area contributed by atoms with E-state index in [1.165, 1.54) is 7.11 Å². The molecule has 0 atom stereocenters. The first kappa shape index (κ1) is 18.4. The molecular weight excluding hydrogens is 352 g/mol. The van der Waals surface area contributed by atoms with Gasteiger partial charge in [-0.05, 0) is 50.2 Å². The molecule has 0 saturated heterocycles. The fourth-order valence-corrected chi connectivity index (χ4v) is 2.46. The standard InChI is InChI=1S/C19H20N2O6/c1-11(2)27-15-7-5-12(8-16(15)24-3)18(22)20-21-19(23)13-4-6-14-17(9-13)26-10-25-14/h4-9,11H,10H2,1-3H3,(H,20,22)(H,21,23). The number of carbonyl (C=O) groups excluding carboxylic acids is 2. The first-order valence-electron chi connectivity index (χ1n) is 8.33. The Morgan fingerprint density at radius 2 is 1.56 bits per heavy atom. The van der Waals surface area contributed by atoms with Gasteiger partial charge in [0.15, 0.2) is 23.0 Å². The van der Waals surface area contributed by atoms with Crippen LogP contribution >= 0.6 is 0 Å². The molecule has 1 heterocycles. The summed E-state index contributed by atoms with van der Waals surface area (Å²) in [5.41, 5.74) is 5.38. The van der Waals surface area contributed by atoms with Crippen molar-refractivity contribution in [3.8, 4) is 23.0 Å². The summed E-state index contributed by atoms with van der Waals surface area (Å²) in [4.78, 5) is 24.5. The minimum Gasteiger partial charge on any atom is -0.493 e. The second-order valence-electron chi connectivity index (χ2n) is 6.01. The Bertz CT molecular complexity index is 865. The number of amides is 2. The lowest BCUT2D eigenvalue weighted by molar-refractivity contribution is 0.0846. The van der Waals surface area contributed by atoms with E-state index < -0.39 is 11.8 Å². The first-order valence-corrected chi connectivity index (χ1v) is 8.33. The highest BCUT2D eigenvalue weighted by Crippen LogP contribution is 2.32. The molecule has 1 aliphatic heterocycles. The van der Waals surface area contributed by atoms with Crippen LogP contribution in [0.25, 0.3) is 0 Å². The molecule has 0 bridgehead atoms. The summed E-state index contributed by atoms with van der Waals surface area (Å²) in [6, 6.07) is 9.54. The fourth-order valence-electron chi connectivity index (χ4n) is 2.46. The third kappa shape index (κ3) is 4.22. The molecule has 2 aromatic rings. The van der Waals surface area contributed by atoms with Crippen LogP contribution in [0.5, 0.6) is 23.0 Å². The quantitative estimate of drug-likeness (QED) is 0.782. The molecule has 0 fully saturated rings. The first-order chi connectivity index (χ1) is 13.0. The van der Waals surface area contributed by atoms with E-state index in [4.69, 9.17) is 18.9 Å². The van der Waals surface area contributed by atoms with E-state index in [1.54, 1.807) is 36.4 Å². The van der Waals surface area contributed by atoms with Gasteiger partial charge in [0.1, 0.15) is 0 Å². The maximum absolute atomic E-state index is 12.3. The van der Waals surface area contributed by atoms with Gasteiger partial charge in [-0.15, -0.1) is 0 Å². The van der Waals surface area contributed by atoms with E-state index in [0.29, 0.717) is 34.1 Å². The predicted molar refractivity (Wildman–Crippen MR) is 96.3 cm³/mol. The monoisotopic (exact) mass is 372 g/mol. The average molecular weight is 372 g/mol. The van der Waals surface area contributed by atoms with Gasteiger partial charge in [0.05, 0.1) is 13.2 Å². The predicted octanol–water partition coefficient (Wildman–Crippen LogP) is 2.29. The molecule has 2 N–H and O–H groups in total. The van der Waals surface area contributed by atoms with Gasteiger partial charge in [0, 0.05) is 11.1 Å². The second kappa shape index (κ2) is 7.86. The van der Waals surface area contributed by atoms with Gasteiger partial charge in [-0.3, -0.25) is 20.4 Å². The largest absolute Gasteiger partial charge is 0.493 e. The van der Waals surface area contributed by atoms with Crippen LogP contribution in [0.2, 0.25) is 0 Å². The molecule has 0 radical (unpaired) electrons. The van der Waals surface area contributed by atoms with Crippen molar-refractivity contribution in [3.05, 3.63) is 47.5 Å². The average Bonchev–Trinajstić information content (AvgIpc) is 3.13. The Balaban J connectivity index is 1.64. The lowest BCUT2D eigenvalue weighted by atomic mass is 10.2. The fraction of sp³-hybridized carbons (Fsp3) is 0.263. The van der Waals surface area contributed by atoms with Crippen LogP contribution in [0.15, 0.2) is 36.4 Å². The van der Waals surface area contributed by atoms with Crippen molar-refractivity contribution in [2.45, 2.75) is 20.0 Å². The van der Waals surface area contributed by atoms with Gasteiger partial charge in [-0.1, -0.05) is 0 Å². The minimum atomic E-state index is -0.488. The maximum Gasteiger partial charge on any atom is 0.269 e. The van der Waals surface area contributed by atoms with Crippen molar-refractivity contribution in [1.82, 2.24) is 10.9 Å². The van der Waals surface area contributed by atoms with Crippen LogP contribution in [0.1, 0.15) is 34.6 Å². The highest BCUT2D eigenvalue weighted by atomic mass is 16.7. The number of nitrogens with one attached hydrogen (secondary N) is 2. The smallest absolute Gasteiger partial charge is 0.269 e. The molecule has 1 aliphatic rings. The molecule has 2 amide bonds. The molecule has 3 rings (SSSR count). The van der Waals surface area contributed by atoms with Gasteiger partial charge in [0.25, 0.3) is 11.8 Å². The lowest BCUT2D eigenvalue weighted by Gasteiger charge is -2.14. The number of ether oxygens (including phenoxy) is 4. The van der Waals surface area contributed by atoms with Crippen molar-refractivity contribution in [2.75, 3.05) is 13.9 Å². The summed E-state index contributed by atoms with van der Waals surface area (Å²) in [6.45, 7) is 3.91. The number of fused-ring (bicyclic) bond motifs is 1. The van der Waals surface area contributed by atoms with Crippen molar-refractivity contribution in [1.29, 1.82) is 0 Å². The Hall–Kier alpha value is -3.42. The Labute approximate surface area is 156 Å². The normalized spacial score (nSPS) is 11.9. The van der Waals surface area contributed by atoms with E-state index in [-0.39, 0.29) is 12.9 Å². The van der Waals surface area contributed by atoms with Gasteiger partial charge >= 0.3 is 0 Å². The number of benzene rings is 2. The van der Waals surface area contributed by atoms with Gasteiger partial charge in [-0.25, -0.2) is 0 Å². The number of hydrazine groups is 1. The van der Waals surface area contributed by atoms with Crippen LogP contribution in [-0.2, 0) is 0 Å². The molecule has 0 spiro atoms. The van der Waals surface area contributed by atoms with E-state index in [9.17, 15) is 9.59 Å². The number of hydrogen-bond donors (Lipinski definition) is 2. The number of hydrogen-bond acceptors (Lipinski definition) is 6. The van der Waals surface area contributed by atoms with Crippen LogP contribution in [-0.4, -0.2) is 31.8 Å². The summed E-state index contributed by atoms with van der Waals surface area (Å²) < 4.78 is 21.3. The van der Waals surface area contributed by atoms with E-state index in [2.05, 4.69) is 10.9 Å². The minimum absolute atomic E-state index is 0.0282. The van der Waals surface area contributed by atoms with Gasteiger partial charge in [0.2, 0.25) is 6.79 Å². The number of methoxy groups -OCH3 is 1. The summed E-state index contributed by atoms with van der Waals surface area (Å²) in [5.74, 6) is 1.06. The number of carbonyl (C=O) groups is 2. The Morgan fingerprint density at radius 3 is 2.22 bits per heavy atom. The van der Waals surface area contributed by atoms with Crippen molar-refractivity contribution in [2.24, 2.45) is 0 Å². The molecule has 0 saturated carbocycles. The maximum atomic E-state index is 12.3. The topological polar surface area (TPSA) is 95.1 Å². The van der Waals surface area contributed by atoms with E-state index >= 15 is 0 Å². The SMILES string of the molecule is COc1cc(C(=O)NNC(=O)c2ccc3c(c2)OCO3)ccc1OC(C)C. The van der Waals surface area contributed by atoms with Crippen LogP contribution in [0, 0.1) is 0 Å². The van der Waals surface area contributed by atoms with Gasteiger partial charge in [-0.2, -0.15) is 0 Å². The summed E-state index contributed by atoms with van der Waals surface area (Å²) in [7, 11) is 1.49. The zero-order valence-corrected chi connectivity index (χ0v) is 15.2. The molecule has 8 heteroatoms. The molecule has 27 heavy (non-hydrogen) atoms. The Morgan fingerprint density at radius 1 is 0.926 bits per heavy atom. The molecule has 2 aromatic carbocycles. The van der Waals surface area contributed by atoms with Gasteiger partial charge < -0.3 is 18.9 Å². The highest BCUT2D eigenvalue weighted by molar-refractivity contribution is 5.99. The molecule has 8 nitrogen and oxygen atoms in total. The second-order valence-corrected chi connectivity index (χ2v) is 6.01. The molecule has 0 aliphatic carbocycles. The molecule has 0 aromatic heterocycles. The third-order valence-electron chi connectivity index (χ3n) is 3.71. The summed E-state index contributed by atoms with van der Waals surface area (Å²) in [5, 5.41) is 0. The number of rotatable bonds is 5.